The average molecular weight is 538 g/mol. The summed E-state index contributed by atoms with van der Waals surface area (Å²) in [4.78, 5) is 23.3. The Labute approximate surface area is 150 Å². The lowest BCUT2D eigenvalue weighted by atomic mass is 10.1. The van der Waals surface area contributed by atoms with Crippen molar-refractivity contribution in [3.05, 3.63) is 35.4 Å². The van der Waals surface area contributed by atoms with Gasteiger partial charge in [0.2, 0.25) is 0 Å². The number of carbonyl (C=O) groups is 2. The van der Waals surface area contributed by atoms with E-state index in [-0.39, 0.29) is 20.7 Å². The Bertz CT molecular complexity index is 416. The van der Waals surface area contributed by atoms with E-state index in [9.17, 15) is 9.59 Å². The molecule has 1 rings (SSSR count). The Morgan fingerprint density at radius 1 is 0.800 bits per heavy atom. The highest BCUT2D eigenvalue weighted by Gasteiger charge is 2.12. The molecule has 0 heterocycles. The van der Waals surface area contributed by atoms with Gasteiger partial charge in [-0.15, -0.1) is 0 Å². The largest absolute Gasteiger partial charge is 0.460 e. The van der Waals surface area contributed by atoms with E-state index in [0.717, 1.165) is 0 Å². The Balaban J connectivity index is 2.59. The quantitative estimate of drug-likeness (QED) is 0.403. The third-order valence-corrected chi connectivity index (χ3v) is 3.09. The lowest BCUT2D eigenvalue weighted by Crippen LogP contribution is -2.12. The molecule has 8 heteroatoms. The van der Waals surface area contributed by atoms with Crippen molar-refractivity contribution in [3.63, 3.8) is 0 Å². The standard InChI is InChI=1S/C12H10Br4O4/c13-9(14)5-19-11(17)7-1-2-8(4-3-7)12(18)20-6-10(15)16/h1-4,9-10H,5-6H2. The minimum atomic E-state index is -0.449. The van der Waals surface area contributed by atoms with Crippen molar-refractivity contribution in [1.82, 2.24) is 0 Å². The summed E-state index contributed by atoms with van der Waals surface area (Å²) in [5.41, 5.74) is 0.752. The third-order valence-electron chi connectivity index (χ3n) is 2.04. The summed E-state index contributed by atoms with van der Waals surface area (Å²) in [5.74, 6) is -0.899. The van der Waals surface area contributed by atoms with Crippen molar-refractivity contribution in [3.8, 4) is 0 Å². The molecule has 0 fully saturated rings. The van der Waals surface area contributed by atoms with Crippen molar-refractivity contribution in [2.75, 3.05) is 13.2 Å². The van der Waals surface area contributed by atoms with E-state index >= 15 is 0 Å². The van der Waals surface area contributed by atoms with Crippen molar-refractivity contribution < 1.29 is 19.1 Å². The van der Waals surface area contributed by atoms with Crippen molar-refractivity contribution >= 4 is 75.7 Å². The third kappa shape index (κ3) is 6.69. The molecule has 0 aliphatic rings. The molecule has 0 amide bonds. The minimum Gasteiger partial charge on any atom is -0.460 e. The Kier molecular flexibility index (Phi) is 8.31. The predicted molar refractivity (Wildman–Crippen MR) is 90.3 cm³/mol. The van der Waals surface area contributed by atoms with E-state index in [1.54, 1.807) is 0 Å². The summed E-state index contributed by atoms with van der Waals surface area (Å²) in [5, 5.41) is 0. The van der Waals surface area contributed by atoms with Crippen LogP contribution < -0.4 is 0 Å². The molecule has 0 saturated heterocycles. The molecule has 110 valence electrons. The highest BCUT2D eigenvalue weighted by molar-refractivity contribution is 9.25. The van der Waals surface area contributed by atoms with Gasteiger partial charge < -0.3 is 9.47 Å². The van der Waals surface area contributed by atoms with Crippen molar-refractivity contribution in [2.24, 2.45) is 0 Å². The topological polar surface area (TPSA) is 52.6 Å². The maximum atomic E-state index is 11.7. The molecule has 1 aromatic rings. The highest BCUT2D eigenvalue weighted by atomic mass is 79.9. The van der Waals surface area contributed by atoms with Gasteiger partial charge in [0.1, 0.15) is 20.7 Å². The Morgan fingerprint density at radius 2 is 1.10 bits per heavy atom. The average Bonchev–Trinajstić information content (AvgIpc) is 2.42. The number of rotatable bonds is 6. The second-order valence-corrected chi connectivity index (χ2v) is 10.4. The van der Waals surface area contributed by atoms with Gasteiger partial charge in [0.05, 0.1) is 11.1 Å². The number of hydrogen-bond donors (Lipinski definition) is 0. The van der Waals surface area contributed by atoms with Crippen LogP contribution in [0.3, 0.4) is 0 Å². The second-order valence-electron chi connectivity index (χ2n) is 3.56. The minimum absolute atomic E-state index is 0.0883. The van der Waals surface area contributed by atoms with Gasteiger partial charge in [-0.05, 0) is 24.3 Å². The van der Waals surface area contributed by atoms with E-state index in [2.05, 4.69) is 63.7 Å². The molecule has 1 aromatic carbocycles. The first-order valence-electron chi connectivity index (χ1n) is 5.40. The van der Waals surface area contributed by atoms with Gasteiger partial charge in [-0.2, -0.15) is 0 Å². The number of halogens is 4. The van der Waals surface area contributed by atoms with Crippen LogP contribution in [0.25, 0.3) is 0 Å². The number of ether oxygens (including phenoxy) is 2. The molecule has 0 radical (unpaired) electrons. The first kappa shape index (κ1) is 18.1. The highest BCUT2D eigenvalue weighted by Crippen LogP contribution is 2.13. The molecule has 20 heavy (non-hydrogen) atoms. The van der Waals surface area contributed by atoms with Crippen LogP contribution in [0.5, 0.6) is 0 Å². The van der Waals surface area contributed by atoms with Crippen molar-refractivity contribution in [1.29, 1.82) is 0 Å². The molecule has 0 aliphatic heterocycles. The molecule has 0 spiro atoms. The fourth-order valence-corrected chi connectivity index (χ4v) is 1.72. The van der Waals surface area contributed by atoms with Gasteiger partial charge in [0.25, 0.3) is 0 Å². The lowest BCUT2D eigenvalue weighted by Gasteiger charge is -2.07. The second kappa shape index (κ2) is 9.17. The molecule has 4 nitrogen and oxygen atoms in total. The van der Waals surface area contributed by atoms with Crippen LogP contribution >= 0.6 is 63.7 Å². The van der Waals surface area contributed by atoms with Crippen LogP contribution in [0.1, 0.15) is 20.7 Å². The van der Waals surface area contributed by atoms with Crippen LogP contribution in [0.15, 0.2) is 24.3 Å². The van der Waals surface area contributed by atoms with E-state index in [4.69, 9.17) is 9.47 Å². The van der Waals surface area contributed by atoms with Crippen LogP contribution in [-0.2, 0) is 9.47 Å². The molecular weight excluding hydrogens is 528 g/mol. The maximum Gasteiger partial charge on any atom is 0.338 e. The number of benzene rings is 1. The Hall–Kier alpha value is 0.0800. The normalized spacial score (nSPS) is 10.7. The van der Waals surface area contributed by atoms with Crippen LogP contribution in [0.4, 0.5) is 0 Å². The summed E-state index contributed by atoms with van der Waals surface area (Å²) in [6.07, 6.45) is 0. The zero-order chi connectivity index (χ0) is 15.1. The van der Waals surface area contributed by atoms with E-state index < -0.39 is 11.9 Å². The smallest absolute Gasteiger partial charge is 0.338 e. The van der Waals surface area contributed by atoms with E-state index in [1.165, 1.54) is 24.3 Å². The fraction of sp³-hybridized carbons (Fsp3) is 0.333. The number of hydrogen-bond acceptors (Lipinski definition) is 4. The SMILES string of the molecule is O=C(OCC(Br)Br)c1ccc(C(=O)OCC(Br)Br)cc1. The zero-order valence-electron chi connectivity index (χ0n) is 10.0. The number of carbonyl (C=O) groups excluding carboxylic acids is 2. The zero-order valence-corrected chi connectivity index (χ0v) is 16.4. The van der Waals surface area contributed by atoms with Gasteiger partial charge in [-0.1, -0.05) is 63.7 Å². The summed E-state index contributed by atoms with van der Waals surface area (Å²) >= 11 is 12.8. The Morgan fingerprint density at radius 3 is 1.35 bits per heavy atom. The predicted octanol–water partition coefficient (Wildman–Crippen LogP) is 4.23. The molecule has 0 atom stereocenters. The molecule has 0 bridgehead atoms. The molecule has 0 aromatic heterocycles. The molecule has 0 unspecified atom stereocenters. The first-order valence-corrected chi connectivity index (χ1v) is 9.07. The summed E-state index contributed by atoms with van der Waals surface area (Å²) in [7, 11) is 0. The maximum absolute atomic E-state index is 11.7. The van der Waals surface area contributed by atoms with Crippen molar-refractivity contribution in [2.45, 2.75) is 7.47 Å². The number of alkyl halides is 4. The summed E-state index contributed by atoms with van der Waals surface area (Å²) < 4.78 is 9.84. The number of esters is 2. The van der Waals surface area contributed by atoms with E-state index in [0.29, 0.717) is 11.1 Å². The lowest BCUT2D eigenvalue weighted by molar-refractivity contribution is 0.0511. The van der Waals surface area contributed by atoms with Crippen LogP contribution in [-0.4, -0.2) is 32.6 Å². The van der Waals surface area contributed by atoms with Gasteiger partial charge in [0.15, 0.2) is 0 Å². The van der Waals surface area contributed by atoms with Gasteiger partial charge >= 0.3 is 11.9 Å². The molecular formula is C12H10Br4O4. The monoisotopic (exact) mass is 534 g/mol. The fourth-order valence-electron chi connectivity index (χ4n) is 1.19. The van der Waals surface area contributed by atoms with Gasteiger partial charge in [0, 0.05) is 0 Å². The first-order chi connectivity index (χ1) is 9.40. The van der Waals surface area contributed by atoms with Crippen LogP contribution in [0.2, 0.25) is 0 Å². The molecule has 0 aliphatic carbocycles. The van der Waals surface area contributed by atoms with Gasteiger partial charge in [-0.25, -0.2) is 9.59 Å². The van der Waals surface area contributed by atoms with Crippen LogP contribution in [0, 0.1) is 0 Å². The summed E-state index contributed by atoms with van der Waals surface area (Å²) in [6, 6.07) is 6.10. The summed E-state index contributed by atoms with van der Waals surface area (Å²) in [6.45, 7) is 0.418. The molecule has 0 saturated carbocycles. The molecule has 0 N–H and O–H groups in total. The van der Waals surface area contributed by atoms with Gasteiger partial charge in [-0.3, -0.25) is 0 Å². The van der Waals surface area contributed by atoms with E-state index in [1.807, 2.05) is 0 Å².